The maximum Gasteiger partial charge on any atom is 0.159 e. The molecular formula is C22H14N8. The number of aromatic amines is 2. The van der Waals surface area contributed by atoms with Crippen molar-refractivity contribution in [2.24, 2.45) is 0 Å². The molecule has 0 fully saturated rings. The summed E-state index contributed by atoms with van der Waals surface area (Å²) in [7, 11) is 0. The van der Waals surface area contributed by atoms with Crippen LogP contribution in [0.15, 0.2) is 73.6 Å². The number of nitrogens with one attached hydrogen (secondary N) is 2. The van der Waals surface area contributed by atoms with Gasteiger partial charge in [0.2, 0.25) is 0 Å². The number of H-pyrrole nitrogens is 2. The van der Waals surface area contributed by atoms with E-state index >= 15 is 0 Å². The summed E-state index contributed by atoms with van der Waals surface area (Å²) < 4.78 is 0. The molecule has 0 atom stereocenters. The van der Waals surface area contributed by atoms with Gasteiger partial charge in [0, 0.05) is 48.3 Å². The third-order valence-electron chi connectivity index (χ3n) is 4.99. The summed E-state index contributed by atoms with van der Waals surface area (Å²) in [5, 5.41) is 8.36. The van der Waals surface area contributed by atoms with Crippen molar-refractivity contribution in [3.05, 3.63) is 73.6 Å². The first-order valence-electron chi connectivity index (χ1n) is 9.37. The van der Waals surface area contributed by atoms with Crippen molar-refractivity contribution < 1.29 is 0 Å². The number of aromatic nitrogens is 8. The van der Waals surface area contributed by atoms with Gasteiger partial charge >= 0.3 is 0 Å². The van der Waals surface area contributed by atoms with Crippen LogP contribution in [-0.2, 0) is 0 Å². The minimum absolute atomic E-state index is 0.656. The van der Waals surface area contributed by atoms with Crippen LogP contribution in [0.4, 0.5) is 0 Å². The van der Waals surface area contributed by atoms with E-state index in [1.54, 1.807) is 31.0 Å². The first-order valence-corrected chi connectivity index (χ1v) is 9.37. The van der Waals surface area contributed by atoms with E-state index in [9.17, 15) is 0 Å². The molecule has 0 aliphatic rings. The molecule has 142 valence electrons. The number of imidazole rings is 1. The van der Waals surface area contributed by atoms with Crippen LogP contribution in [0.5, 0.6) is 0 Å². The molecule has 2 N–H and O–H groups in total. The lowest BCUT2D eigenvalue weighted by Crippen LogP contribution is -1.86. The summed E-state index contributed by atoms with van der Waals surface area (Å²) in [5.41, 5.74) is 6.78. The predicted molar refractivity (Wildman–Crippen MR) is 113 cm³/mol. The lowest BCUT2D eigenvalue weighted by atomic mass is 10.1. The monoisotopic (exact) mass is 390 g/mol. The zero-order valence-electron chi connectivity index (χ0n) is 15.6. The molecule has 0 aliphatic carbocycles. The van der Waals surface area contributed by atoms with E-state index in [0.717, 1.165) is 38.8 Å². The van der Waals surface area contributed by atoms with E-state index in [0.29, 0.717) is 17.2 Å². The molecule has 0 unspecified atom stereocenters. The van der Waals surface area contributed by atoms with Crippen molar-refractivity contribution in [2.45, 2.75) is 0 Å². The number of hydrogen-bond acceptors (Lipinski definition) is 6. The summed E-state index contributed by atoms with van der Waals surface area (Å²) >= 11 is 0. The van der Waals surface area contributed by atoms with Gasteiger partial charge in [-0.05, 0) is 42.0 Å². The Morgan fingerprint density at radius 3 is 2.53 bits per heavy atom. The molecule has 0 bridgehead atoms. The Hall–Kier alpha value is -4.46. The topological polar surface area (TPSA) is 109 Å². The summed E-state index contributed by atoms with van der Waals surface area (Å²) in [6.45, 7) is 0. The van der Waals surface area contributed by atoms with Gasteiger partial charge in [-0.25, -0.2) is 9.97 Å². The molecule has 6 heterocycles. The van der Waals surface area contributed by atoms with Gasteiger partial charge in [0.1, 0.15) is 11.2 Å². The first-order chi connectivity index (χ1) is 14.9. The van der Waals surface area contributed by atoms with Crippen LogP contribution in [-0.4, -0.2) is 40.1 Å². The SMILES string of the molecule is c1cncc(-c2nccc3[nH]c(-c4n[nH]c5ncc(-c6ccncc6)cc45)nc23)c1. The zero-order chi connectivity index (χ0) is 19.9. The smallest absolute Gasteiger partial charge is 0.159 e. The highest BCUT2D eigenvalue weighted by Gasteiger charge is 2.17. The molecule has 0 saturated carbocycles. The van der Waals surface area contributed by atoms with Gasteiger partial charge in [0.05, 0.1) is 16.6 Å². The average molecular weight is 390 g/mol. The Bertz CT molecular complexity index is 1490. The van der Waals surface area contributed by atoms with E-state index in [2.05, 4.69) is 41.2 Å². The Kier molecular flexibility index (Phi) is 3.60. The summed E-state index contributed by atoms with van der Waals surface area (Å²) in [6.07, 6.45) is 10.6. The lowest BCUT2D eigenvalue weighted by molar-refractivity contribution is 1.09. The van der Waals surface area contributed by atoms with Gasteiger partial charge in [0.25, 0.3) is 0 Å². The molecule has 8 heteroatoms. The Morgan fingerprint density at radius 2 is 1.67 bits per heavy atom. The van der Waals surface area contributed by atoms with Crippen molar-refractivity contribution in [1.82, 2.24) is 40.1 Å². The van der Waals surface area contributed by atoms with Gasteiger partial charge < -0.3 is 4.98 Å². The Labute approximate surface area is 170 Å². The molecule has 0 aromatic carbocycles. The van der Waals surface area contributed by atoms with E-state index in [-0.39, 0.29) is 0 Å². The van der Waals surface area contributed by atoms with E-state index < -0.39 is 0 Å². The standard InChI is InChI=1S/C22H14N8/c1-2-14(11-24-6-1)18-20-17(5-9-25-18)27-22(28-20)19-16-10-15(12-26-21(16)30-29-19)13-3-7-23-8-4-13/h1-12H,(H,27,28)(H,26,29,30). The summed E-state index contributed by atoms with van der Waals surface area (Å²) in [5.74, 6) is 0.656. The van der Waals surface area contributed by atoms with Crippen molar-refractivity contribution in [2.75, 3.05) is 0 Å². The molecule has 6 aromatic heterocycles. The van der Waals surface area contributed by atoms with Crippen molar-refractivity contribution in [1.29, 1.82) is 0 Å². The predicted octanol–water partition coefficient (Wildman–Crippen LogP) is 4.02. The van der Waals surface area contributed by atoms with Crippen molar-refractivity contribution in [3.8, 4) is 33.9 Å². The van der Waals surface area contributed by atoms with Crippen LogP contribution in [0, 0.1) is 0 Å². The molecule has 0 saturated heterocycles. The number of fused-ring (bicyclic) bond motifs is 2. The maximum atomic E-state index is 4.82. The largest absolute Gasteiger partial charge is 0.336 e. The van der Waals surface area contributed by atoms with Crippen molar-refractivity contribution in [3.63, 3.8) is 0 Å². The quantitative estimate of drug-likeness (QED) is 0.472. The third kappa shape index (κ3) is 2.62. The molecule has 0 radical (unpaired) electrons. The van der Waals surface area contributed by atoms with Crippen LogP contribution in [0.1, 0.15) is 0 Å². The molecule has 0 spiro atoms. The second kappa shape index (κ2) is 6.56. The maximum absolute atomic E-state index is 4.82. The summed E-state index contributed by atoms with van der Waals surface area (Å²) in [4.78, 5) is 25.5. The van der Waals surface area contributed by atoms with E-state index in [4.69, 9.17) is 4.98 Å². The fourth-order valence-electron chi connectivity index (χ4n) is 3.55. The molecular weight excluding hydrogens is 376 g/mol. The van der Waals surface area contributed by atoms with Gasteiger partial charge in [0.15, 0.2) is 11.5 Å². The Balaban J connectivity index is 1.52. The molecule has 30 heavy (non-hydrogen) atoms. The highest BCUT2D eigenvalue weighted by molar-refractivity contribution is 5.96. The Morgan fingerprint density at radius 1 is 0.733 bits per heavy atom. The van der Waals surface area contributed by atoms with E-state index in [1.165, 1.54) is 0 Å². The van der Waals surface area contributed by atoms with Gasteiger partial charge in [-0.3, -0.25) is 20.1 Å². The van der Waals surface area contributed by atoms with Crippen LogP contribution in [0.2, 0.25) is 0 Å². The van der Waals surface area contributed by atoms with Gasteiger partial charge in [-0.15, -0.1) is 0 Å². The first kappa shape index (κ1) is 16.5. The van der Waals surface area contributed by atoms with Gasteiger partial charge in [-0.2, -0.15) is 5.10 Å². The second-order valence-electron chi connectivity index (χ2n) is 6.81. The number of pyridine rings is 4. The fourth-order valence-corrected chi connectivity index (χ4v) is 3.55. The second-order valence-corrected chi connectivity index (χ2v) is 6.81. The average Bonchev–Trinajstić information content (AvgIpc) is 3.43. The molecule has 0 amide bonds. The highest BCUT2D eigenvalue weighted by Crippen LogP contribution is 2.31. The van der Waals surface area contributed by atoms with Crippen LogP contribution in [0.3, 0.4) is 0 Å². The molecule has 8 nitrogen and oxygen atoms in total. The van der Waals surface area contributed by atoms with E-state index in [1.807, 2.05) is 36.5 Å². The van der Waals surface area contributed by atoms with Crippen molar-refractivity contribution >= 4 is 22.1 Å². The summed E-state index contributed by atoms with van der Waals surface area (Å²) in [6, 6.07) is 11.7. The zero-order valence-corrected chi connectivity index (χ0v) is 15.6. The number of hydrogen-bond donors (Lipinski definition) is 2. The van der Waals surface area contributed by atoms with Gasteiger partial charge in [-0.1, -0.05) is 0 Å². The number of nitrogens with zero attached hydrogens (tertiary/aromatic N) is 6. The third-order valence-corrected chi connectivity index (χ3v) is 4.99. The number of rotatable bonds is 3. The van der Waals surface area contributed by atoms with Crippen LogP contribution < -0.4 is 0 Å². The minimum atomic E-state index is 0.656. The van der Waals surface area contributed by atoms with Crippen LogP contribution in [0.25, 0.3) is 56.0 Å². The molecule has 0 aliphatic heterocycles. The minimum Gasteiger partial charge on any atom is -0.336 e. The normalized spacial score (nSPS) is 11.3. The van der Waals surface area contributed by atoms with Crippen LogP contribution >= 0.6 is 0 Å². The molecule has 6 rings (SSSR count). The fraction of sp³-hybridized carbons (Fsp3) is 0. The highest BCUT2D eigenvalue weighted by atomic mass is 15.2. The lowest BCUT2D eigenvalue weighted by Gasteiger charge is -2.01. The molecule has 6 aromatic rings.